The van der Waals surface area contributed by atoms with Gasteiger partial charge in [-0.25, -0.2) is 14.4 Å². The number of halogens is 2. The number of nitrogens with zero attached hydrogens (tertiary/aromatic N) is 4. The first-order valence-electron chi connectivity index (χ1n) is 7.98. The molecular formula is C18H18ClFN4OS. The molecule has 26 heavy (non-hydrogen) atoms. The lowest BCUT2D eigenvalue weighted by Gasteiger charge is -2.23. The fourth-order valence-electron chi connectivity index (χ4n) is 2.65. The Hall–Kier alpha value is -2.25. The van der Waals surface area contributed by atoms with Crippen molar-refractivity contribution in [2.45, 2.75) is 26.9 Å². The van der Waals surface area contributed by atoms with Gasteiger partial charge >= 0.3 is 0 Å². The molecule has 0 atom stereocenters. The maximum atomic E-state index is 13.3. The molecule has 1 aromatic carbocycles. The Kier molecular flexibility index (Phi) is 5.38. The van der Waals surface area contributed by atoms with Gasteiger partial charge in [-0.05, 0) is 31.5 Å². The van der Waals surface area contributed by atoms with Crippen LogP contribution in [0.2, 0.25) is 5.02 Å². The molecule has 0 bridgehead atoms. The topological polar surface area (TPSA) is 51.0 Å². The molecule has 0 radical (unpaired) electrons. The average Bonchev–Trinajstić information content (AvgIpc) is 3.13. The number of rotatable bonds is 5. The highest BCUT2D eigenvalue weighted by Gasteiger charge is 2.23. The standard InChI is InChI=1S/C18H18ClFN4OS/c1-11-17(26-12(2)22-11)18(25)24(10-16-21-6-7-23(16)3)9-13-4-5-14(20)8-15(13)19/h4-8H,9-10H2,1-3H3. The number of aromatic nitrogens is 3. The Labute approximate surface area is 160 Å². The Morgan fingerprint density at radius 2 is 2.12 bits per heavy atom. The van der Waals surface area contributed by atoms with E-state index in [-0.39, 0.29) is 12.5 Å². The molecule has 0 spiro atoms. The van der Waals surface area contributed by atoms with Gasteiger partial charge in [0.15, 0.2) is 0 Å². The van der Waals surface area contributed by atoms with Crippen LogP contribution in [0.5, 0.6) is 0 Å². The fraction of sp³-hybridized carbons (Fsp3) is 0.278. The molecule has 136 valence electrons. The normalized spacial score (nSPS) is 11.0. The third-order valence-electron chi connectivity index (χ3n) is 4.01. The summed E-state index contributed by atoms with van der Waals surface area (Å²) in [5.41, 5.74) is 1.38. The van der Waals surface area contributed by atoms with Crippen molar-refractivity contribution in [3.63, 3.8) is 0 Å². The quantitative estimate of drug-likeness (QED) is 0.656. The Bertz CT molecular complexity index is 953. The number of benzene rings is 1. The van der Waals surface area contributed by atoms with Gasteiger partial charge in [-0.3, -0.25) is 4.79 Å². The fourth-order valence-corrected chi connectivity index (χ4v) is 3.76. The van der Waals surface area contributed by atoms with Crippen molar-refractivity contribution in [3.05, 3.63) is 68.4 Å². The SMILES string of the molecule is Cc1nc(C)c(C(=O)N(Cc2ccc(F)cc2Cl)Cc2nccn2C)s1. The van der Waals surface area contributed by atoms with E-state index in [9.17, 15) is 9.18 Å². The van der Waals surface area contributed by atoms with Gasteiger partial charge in [0.1, 0.15) is 16.5 Å². The Morgan fingerprint density at radius 3 is 2.69 bits per heavy atom. The van der Waals surface area contributed by atoms with Crippen LogP contribution in [-0.4, -0.2) is 25.3 Å². The summed E-state index contributed by atoms with van der Waals surface area (Å²) in [4.78, 5) is 24.0. The highest BCUT2D eigenvalue weighted by molar-refractivity contribution is 7.13. The van der Waals surface area contributed by atoms with Gasteiger partial charge in [0.05, 0.1) is 17.2 Å². The number of carbonyl (C=O) groups is 1. The number of hydrogen-bond acceptors (Lipinski definition) is 4. The van der Waals surface area contributed by atoms with Gasteiger partial charge in [0.2, 0.25) is 0 Å². The minimum absolute atomic E-state index is 0.142. The molecule has 2 aromatic heterocycles. The average molecular weight is 393 g/mol. The predicted molar refractivity (Wildman–Crippen MR) is 99.8 cm³/mol. The second kappa shape index (κ2) is 7.55. The smallest absolute Gasteiger partial charge is 0.266 e. The van der Waals surface area contributed by atoms with Crippen molar-refractivity contribution < 1.29 is 9.18 Å². The molecule has 0 N–H and O–H groups in total. The van der Waals surface area contributed by atoms with E-state index in [0.717, 1.165) is 10.8 Å². The van der Waals surface area contributed by atoms with E-state index in [1.54, 1.807) is 17.2 Å². The molecule has 5 nitrogen and oxygen atoms in total. The van der Waals surface area contributed by atoms with Crippen LogP contribution in [-0.2, 0) is 20.1 Å². The molecule has 0 fully saturated rings. The highest BCUT2D eigenvalue weighted by Crippen LogP contribution is 2.24. The summed E-state index contributed by atoms with van der Waals surface area (Å²) < 4.78 is 15.2. The first-order chi connectivity index (χ1) is 12.3. The first-order valence-corrected chi connectivity index (χ1v) is 9.18. The van der Waals surface area contributed by atoms with Gasteiger partial charge in [-0.2, -0.15) is 0 Å². The molecule has 3 aromatic rings. The third-order valence-corrected chi connectivity index (χ3v) is 5.43. The summed E-state index contributed by atoms with van der Waals surface area (Å²) in [6.45, 7) is 4.25. The van der Waals surface area contributed by atoms with Crippen LogP contribution in [0.15, 0.2) is 30.6 Å². The van der Waals surface area contributed by atoms with Crippen molar-refractivity contribution in [1.29, 1.82) is 0 Å². The summed E-state index contributed by atoms with van der Waals surface area (Å²) in [5.74, 6) is 0.196. The summed E-state index contributed by atoms with van der Waals surface area (Å²) >= 11 is 7.53. The van der Waals surface area contributed by atoms with E-state index in [1.165, 1.54) is 23.5 Å². The summed E-state index contributed by atoms with van der Waals surface area (Å²) in [7, 11) is 1.87. The molecule has 0 aliphatic rings. The number of carbonyl (C=O) groups excluding carboxylic acids is 1. The van der Waals surface area contributed by atoms with Gasteiger partial charge in [-0.15, -0.1) is 11.3 Å². The first kappa shape index (κ1) is 18.5. The van der Waals surface area contributed by atoms with Crippen molar-refractivity contribution in [1.82, 2.24) is 19.4 Å². The maximum absolute atomic E-state index is 13.3. The third kappa shape index (κ3) is 3.94. The highest BCUT2D eigenvalue weighted by atomic mass is 35.5. The number of amides is 1. The van der Waals surface area contributed by atoms with Crippen LogP contribution >= 0.6 is 22.9 Å². The monoisotopic (exact) mass is 392 g/mol. The van der Waals surface area contributed by atoms with Crippen molar-refractivity contribution in [3.8, 4) is 0 Å². The Balaban J connectivity index is 1.94. The molecule has 0 saturated carbocycles. The van der Waals surface area contributed by atoms with Crippen LogP contribution in [0.1, 0.15) is 31.8 Å². The largest absolute Gasteiger partial charge is 0.337 e. The van der Waals surface area contributed by atoms with E-state index in [4.69, 9.17) is 11.6 Å². The molecule has 2 heterocycles. The van der Waals surface area contributed by atoms with Crippen molar-refractivity contribution in [2.75, 3.05) is 0 Å². The van der Waals surface area contributed by atoms with Crippen molar-refractivity contribution >= 4 is 28.8 Å². The van der Waals surface area contributed by atoms with Gasteiger partial charge in [-0.1, -0.05) is 17.7 Å². The van der Waals surface area contributed by atoms with Gasteiger partial charge in [0, 0.05) is 31.0 Å². The minimum atomic E-state index is -0.408. The van der Waals surface area contributed by atoms with Crippen molar-refractivity contribution in [2.24, 2.45) is 7.05 Å². The zero-order chi connectivity index (χ0) is 18.8. The molecule has 0 unspecified atom stereocenters. The molecule has 0 aliphatic heterocycles. The number of thiazole rings is 1. The van der Waals surface area contributed by atoms with E-state index in [2.05, 4.69) is 9.97 Å². The van der Waals surface area contributed by atoms with Crippen LogP contribution in [0, 0.1) is 19.7 Å². The van der Waals surface area contributed by atoms with E-state index in [1.807, 2.05) is 31.7 Å². The van der Waals surface area contributed by atoms with Crippen LogP contribution in [0.25, 0.3) is 0 Å². The van der Waals surface area contributed by atoms with Crippen LogP contribution < -0.4 is 0 Å². The van der Waals surface area contributed by atoms with E-state index >= 15 is 0 Å². The lowest BCUT2D eigenvalue weighted by molar-refractivity contribution is 0.0728. The zero-order valence-corrected chi connectivity index (χ0v) is 16.2. The van der Waals surface area contributed by atoms with E-state index < -0.39 is 5.82 Å². The molecule has 0 saturated heterocycles. The predicted octanol–water partition coefficient (Wildman–Crippen LogP) is 4.13. The summed E-state index contributed by atoms with van der Waals surface area (Å²) in [6.07, 6.45) is 3.51. The molecular weight excluding hydrogens is 375 g/mol. The second-order valence-electron chi connectivity index (χ2n) is 6.00. The van der Waals surface area contributed by atoms with Gasteiger partial charge < -0.3 is 9.47 Å². The summed E-state index contributed by atoms with van der Waals surface area (Å²) in [5, 5.41) is 1.13. The number of hydrogen-bond donors (Lipinski definition) is 0. The number of aryl methyl sites for hydroxylation is 3. The summed E-state index contributed by atoms with van der Waals surface area (Å²) in [6, 6.07) is 4.19. The van der Waals surface area contributed by atoms with E-state index in [0.29, 0.717) is 27.7 Å². The number of imidazole rings is 1. The minimum Gasteiger partial charge on any atom is -0.337 e. The molecule has 0 aliphatic carbocycles. The zero-order valence-electron chi connectivity index (χ0n) is 14.7. The van der Waals surface area contributed by atoms with Gasteiger partial charge in [0.25, 0.3) is 5.91 Å². The molecule has 8 heteroatoms. The lowest BCUT2D eigenvalue weighted by Crippen LogP contribution is -2.31. The second-order valence-corrected chi connectivity index (χ2v) is 7.61. The Morgan fingerprint density at radius 1 is 1.35 bits per heavy atom. The lowest BCUT2D eigenvalue weighted by atomic mass is 10.2. The molecule has 3 rings (SSSR count). The molecule has 1 amide bonds. The maximum Gasteiger partial charge on any atom is 0.266 e. The van der Waals surface area contributed by atoms with Crippen LogP contribution in [0.4, 0.5) is 4.39 Å². The van der Waals surface area contributed by atoms with Crippen LogP contribution in [0.3, 0.4) is 0 Å².